The van der Waals surface area contributed by atoms with Crippen LogP contribution in [0.2, 0.25) is 0 Å². The van der Waals surface area contributed by atoms with E-state index in [1.54, 1.807) is 24.3 Å². The Morgan fingerprint density at radius 1 is 1.20 bits per heavy atom. The van der Waals surface area contributed by atoms with Gasteiger partial charge in [0, 0.05) is 17.7 Å². The molecule has 0 aliphatic rings. The number of para-hydroxylation sites is 1. The van der Waals surface area contributed by atoms with Gasteiger partial charge in [0.15, 0.2) is 0 Å². The summed E-state index contributed by atoms with van der Waals surface area (Å²) in [6.45, 7) is 0. The molecule has 0 atom stereocenters. The number of hydrazine groups is 1. The van der Waals surface area contributed by atoms with E-state index in [0.29, 0.717) is 11.1 Å². The van der Waals surface area contributed by atoms with Crippen LogP contribution in [0.1, 0.15) is 10.4 Å². The van der Waals surface area contributed by atoms with E-state index in [1.165, 1.54) is 18.2 Å². The maximum atomic E-state index is 11.1. The van der Waals surface area contributed by atoms with E-state index in [4.69, 9.17) is 10.9 Å². The van der Waals surface area contributed by atoms with Crippen LogP contribution in [0.15, 0.2) is 42.5 Å². The van der Waals surface area contributed by atoms with Gasteiger partial charge in [0.25, 0.3) is 5.69 Å². The van der Waals surface area contributed by atoms with E-state index in [9.17, 15) is 14.9 Å². The van der Waals surface area contributed by atoms with Crippen LogP contribution in [0.3, 0.4) is 0 Å². The monoisotopic (exact) mass is 273 g/mol. The van der Waals surface area contributed by atoms with Crippen LogP contribution in [-0.4, -0.2) is 16.0 Å². The van der Waals surface area contributed by atoms with Crippen molar-refractivity contribution < 1.29 is 14.8 Å². The number of hydrogen-bond donors (Lipinski definition) is 3. The van der Waals surface area contributed by atoms with Gasteiger partial charge in [0.1, 0.15) is 0 Å². The van der Waals surface area contributed by atoms with Crippen LogP contribution < -0.4 is 11.3 Å². The van der Waals surface area contributed by atoms with Crippen LogP contribution in [0.5, 0.6) is 0 Å². The maximum absolute atomic E-state index is 11.1. The van der Waals surface area contributed by atoms with Crippen LogP contribution in [0, 0.1) is 10.1 Å². The summed E-state index contributed by atoms with van der Waals surface area (Å²) < 4.78 is 0. The molecule has 20 heavy (non-hydrogen) atoms. The Hall–Kier alpha value is -2.93. The Balaban J connectivity index is 2.54. The van der Waals surface area contributed by atoms with Crippen molar-refractivity contribution in [2.45, 2.75) is 0 Å². The number of nitrogens with two attached hydrogens (primary N) is 1. The SMILES string of the molecule is NNc1c(C(=O)O)cccc1-c1ccc([N+](=O)[O-])cc1. The number of nitro benzene ring substituents is 1. The van der Waals surface area contributed by atoms with Crippen molar-refractivity contribution in [1.29, 1.82) is 0 Å². The number of carbonyl (C=O) groups is 1. The van der Waals surface area contributed by atoms with Crippen molar-refractivity contribution >= 4 is 17.3 Å². The minimum absolute atomic E-state index is 0.0309. The molecule has 0 fully saturated rings. The zero-order valence-corrected chi connectivity index (χ0v) is 10.2. The smallest absolute Gasteiger partial charge is 0.337 e. The summed E-state index contributed by atoms with van der Waals surface area (Å²) in [5.74, 6) is 4.27. The standard InChI is InChI=1S/C13H11N3O4/c14-15-12-10(2-1-3-11(12)13(17)18)8-4-6-9(7-5-8)16(19)20/h1-7,15H,14H2,(H,17,18). The number of nitrogens with zero attached hydrogens (tertiary/aromatic N) is 1. The van der Waals surface area contributed by atoms with Gasteiger partial charge in [-0.2, -0.15) is 0 Å². The van der Waals surface area contributed by atoms with Gasteiger partial charge in [0.05, 0.1) is 16.2 Å². The number of carboxylic acid groups (broad SMARTS) is 1. The summed E-state index contributed by atoms with van der Waals surface area (Å²) in [5, 5.41) is 19.7. The predicted octanol–water partition coefficient (Wildman–Crippen LogP) is 2.25. The normalized spacial score (nSPS) is 10.1. The fourth-order valence-corrected chi connectivity index (χ4v) is 1.89. The molecule has 102 valence electrons. The molecule has 0 aliphatic heterocycles. The van der Waals surface area contributed by atoms with Gasteiger partial charge >= 0.3 is 5.97 Å². The van der Waals surface area contributed by atoms with Crippen molar-refractivity contribution in [3.63, 3.8) is 0 Å². The van der Waals surface area contributed by atoms with E-state index < -0.39 is 10.9 Å². The van der Waals surface area contributed by atoms with Gasteiger partial charge in [-0.25, -0.2) is 4.79 Å². The average Bonchev–Trinajstić information content (AvgIpc) is 2.46. The van der Waals surface area contributed by atoms with E-state index >= 15 is 0 Å². The highest BCUT2D eigenvalue weighted by Gasteiger charge is 2.15. The van der Waals surface area contributed by atoms with E-state index in [-0.39, 0.29) is 16.9 Å². The number of carboxylic acids is 1. The lowest BCUT2D eigenvalue weighted by molar-refractivity contribution is -0.384. The molecule has 0 aromatic heterocycles. The van der Waals surface area contributed by atoms with Gasteiger partial charge in [-0.05, 0) is 23.8 Å². The topological polar surface area (TPSA) is 118 Å². The molecule has 0 saturated carbocycles. The Morgan fingerprint density at radius 3 is 2.35 bits per heavy atom. The van der Waals surface area contributed by atoms with Crippen molar-refractivity contribution in [2.75, 3.05) is 5.43 Å². The number of benzene rings is 2. The van der Waals surface area contributed by atoms with Crippen molar-refractivity contribution in [3.05, 3.63) is 58.1 Å². The lowest BCUT2D eigenvalue weighted by atomic mass is 10.00. The van der Waals surface area contributed by atoms with Crippen LogP contribution >= 0.6 is 0 Å². The Morgan fingerprint density at radius 2 is 1.85 bits per heavy atom. The minimum atomic E-state index is -1.11. The van der Waals surface area contributed by atoms with Crippen molar-refractivity contribution in [3.8, 4) is 11.1 Å². The second-order valence-electron chi connectivity index (χ2n) is 3.98. The highest BCUT2D eigenvalue weighted by molar-refractivity contribution is 5.99. The molecule has 0 amide bonds. The summed E-state index contributed by atoms with van der Waals surface area (Å²) in [6.07, 6.45) is 0. The third-order valence-electron chi connectivity index (χ3n) is 2.83. The molecule has 0 unspecified atom stereocenters. The van der Waals surface area contributed by atoms with Crippen LogP contribution in [-0.2, 0) is 0 Å². The molecule has 0 saturated heterocycles. The van der Waals surface area contributed by atoms with E-state index in [2.05, 4.69) is 5.43 Å². The van der Waals surface area contributed by atoms with Gasteiger partial charge in [-0.15, -0.1) is 0 Å². The fraction of sp³-hybridized carbons (Fsp3) is 0. The lowest BCUT2D eigenvalue weighted by Crippen LogP contribution is -2.13. The van der Waals surface area contributed by atoms with Crippen molar-refractivity contribution in [2.24, 2.45) is 5.84 Å². The first kappa shape index (κ1) is 13.5. The summed E-state index contributed by atoms with van der Waals surface area (Å²) in [7, 11) is 0. The summed E-state index contributed by atoms with van der Waals surface area (Å²) in [4.78, 5) is 21.2. The quantitative estimate of drug-likeness (QED) is 0.446. The molecular formula is C13H11N3O4. The second-order valence-corrected chi connectivity index (χ2v) is 3.98. The lowest BCUT2D eigenvalue weighted by Gasteiger charge is -2.11. The second kappa shape index (κ2) is 5.37. The molecule has 0 bridgehead atoms. The number of rotatable bonds is 4. The molecule has 2 aromatic carbocycles. The predicted molar refractivity (Wildman–Crippen MR) is 73.3 cm³/mol. The third-order valence-corrected chi connectivity index (χ3v) is 2.83. The van der Waals surface area contributed by atoms with Gasteiger partial charge in [0.2, 0.25) is 0 Å². The molecular weight excluding hydrogens is 262 g/mol. The number of aromatic carboxylic acids is 1. The average molecular weight is 273 g/mol. The minimum Gasteiger partial charge on any atom is -0.478 e. The highest BCUT2D eigenvalue weighted by Crippen LogP contribution is 2.31. The van der Waals surface area contributed by atoms with Gasteiger partial charge < -0.3 is 10.5 Å². The molecule has 2 aromatic rings. The molecule has 0 spiro atoms. The number of non-ortho nitro benzene ring substituents is 1. The van der Waals surface area contributed by atoms with Gasteiger partial charge in [-0.3, -0.25) is 16.0 Å². The maximum Gasteiger partial charge on any atom is 0.337 e. The molecule has 0 heterocycles. The molecule has 0 aliphatic carbocycles. The number of hydrogen-bond acceptors (Lipinski definition) is 5. The highest BCUT2D eigenvalue weighted by atomic mass is 16.6. The molecule has 2 rings (SSSR count). The zero-order valence-electron chi connectivity index (χ0n) is 10.2. The first-order valence-electron chi connectivity index (χ1n) is 5.62. The Labute approximate surface area is 113 Å². The van der Waals surface area contributed by atoms with Crippen LogP contribution in [0.4, 0.5) is 11.4 Å². The summed E-state index contributed by atoms with van der Waals surface area (Å²) >= 11 is 0. The number of anilines is 1. The van der Waals surface area contributed by atoms with E-state index in [1.807, 2.05) is 0 Å². The summed E-state index contributed by atoms with van der Waals surface area (Å²) in [5.41, 5.74) is 3.81. The van der Waals surface area contributed by atoms with Crippen LogP contribution in [0.25, 0.3) is 11.1 Å². The van der Waals surface area contributed by atoms with E-state index in [0.717, 1.165) is 0 Å². The molecule has 7 nitrogen and oxygen atoms in total. The zero-order chi connectivity index (χ0) is 14.7. The van der Waals surface area contributed by atoms with Crippen molar-refractivity contribution in [1.82, 2.24) is 0 Å². The van der Waals surface area contributed by atoms with Gasteiger partial charge in [-0.1, -0.05) is 12.1 Å². The fourth-order valence-electron chi connectivity index (χ4n) is 1.89. The number of nitrogens with one attached hydrogen (secondary N) is 1. The summed E-state index contributed by atoms with van der Waals surface area (Å²) in [6, 6.07) is 10.5. The third kappa shape index (κ3) is 2.43. The Kier molecular flexibility index (Phi) is 3.62. The molecule has 7 heteroatoms. The largest absolute Gasteiger partial charge is 0.478 e. The molecule has 0 radical (unpaired) electrons. The Bertz CT molecular complexity index is 668. The first-order chi connectivity index (χ1) is 9.54. The number of nitro groups is 1. The number of nitrogen functional groups attached to an aromatic ring is 1. The first-order valence-corrected chi connectivity index (χ1v) is 5.62. The molecule has 4 N–H and O–H groups in total.